The fourth-order valence-corrected chi connectivity index (χ4v) is 2.14. The summed E-state index contributed by atoms with van der Waals surface area (Å²) < 4.78 is 26.2. The maximum atomic E-state index is 13.4. The molecule has 0 bridgehead atoms. The largest absolute Gasteiger partial charge is 0.411 e. The second-order valence-corrected chi connectivity index (χ2v) is 4.66. The van der Waals surface area contributed by atoms with E-state index in [1.807, 2.05) is 0 Å². The Morgan fingerprint density at radius 1 is 1.45 bits per heavy atom. The number of hydrogen-bond acceptors (Lipinski definition) is 5. The number of benzene rings is 1. The molecule has 2 aromatic rings. The van der Waals surface area contributed by atoms with E-state index in [4.69, 9.17) is 5.21 Å². The Morgan fingerprint density at radius 2 is 2.20 bits per heavy atom. The van der Waals surface area contributed by atoms with Crippen LogP contribution in [0.25, 0.3) is 0 Å². The highest BCUT2D eigenvalue weighted by Gasteiger charge is 2.14. The lowest BCUT2D eigenvalue weighted by atomic mass is 10.2. The van der Waals surface area contributed by atoms with E-state index in [0.717, 1.165) is 23.5 Å². The van der Waals surface area contributed by atoms with Gasteiger partial charge in [-0.2, -0.15) is 0 Å². The molecule has 0 fully saturated rings. The summed E-state index contributed by atoms with van der Waals surface area (Å²) in [6.07, 6.45) is 0. The van der Waals surface area contributed by atoms with E-state index in [-0.39, 0.29) is 16.4 Å². The second kappa shape index (κ2) is 5.74. The van der Waals surface area contributed by atoms with Crippen LogP contribution in [0.15, 0.2) is 28.7 Å². The number of amides is 1. The van der Waals surface area contributed by atoms with E-state index in [9.17, 15) is 13.6 Å². The van der Waals surface area contributed by atoms with Crippen LogP contribution in [0.5, 0.6) is 0 Å². The van der Waals surface area contributed by atoms with Crippen LogP contribution in [-0.4, -0.2) is 21.8 Å². The number of aromatic nitrogens is 1. The van der Waals surface area contributed by atoms with E-state index in [2.05, 4.69) is 15.5 Å². The third kappa shape index (κ3) is 2.97. The highest BCUT2D eigenvalue weighted by Crippen LogP contribution is 2.18. The van der Waals surface area contributed by atoms with Gasteiger partial charge >= 0.3 is 0 Å². The van der Waals surface area contributed by atoms with Crippen molar-refractivity contribution in [2.75, 3.05) is 5.32 Å². The van der Waals surface area contributed by atoms with E-state index in [0.29, 0.717) is 11.8 Å². The van der Waals surface area contributed by atoms with Crippen molar-refractivity contribution in [2.24, 2.45) is 5.16 Å². The zero-order valence-corrected chi connectivity index (χ0v) is 11.0. The van der Waals surface area contributed by atoms with Crippen molar-refractivity contribution in [1.82, 2.24) is 4.98 Å². The zero-order chi connectivity index (χ0) is 14.7. The Morgan fingerprint density at radius 3 is 2.85 bits per heavy atom. The predicted molar refractivity (Wildman–Crippen MR) is 70.4 cm³/mol. The van der Waals surface area contributed by atoms with E-state index < -0.39 is 17.5 Å². The van der Waals surface area contributed by atoms with Crippen LogP contribution in [0, 0.1) is 11.6 Å². The van der Waals surface area contributed by atoms with Gasteiger partial charge in [0.1, 0.15) is 23.0 Å². The molecule has 0 radical (unpaired) electrons. The number of nitrogens with zero attached hydrogens (tertiary/aromatic N) is 2. The first-order valence-electron chi connectivity index (χ1n) is 5.42. The summed E-state index contributed by atoms with van der Waals surface area (Å²) in [7, 11) is 0. The number of anilines is 1. The molecule has 0 saturated carbocycles. The molecular formula is C12H9F2N3O2S. The number of carbonyl (C=O) groups excluding carboxylic acids is 1. The molecule has 2 N–H and O–H groups in total. The minimum atomic E-state index is -0.951. The Hall–Kier alpha value is -2.35. The standard InChI is InChI=1S/C12H9F2N3O2S/c1-6(17-19)10-5-20-12(15-10)16-11(18)8-3-2-7(13)4-9(8)14/h2-5,19H,1H3,(H,15,16,18). The molecule has 2 rings (SSSR count). The topological polar surface area (TPSA) is 74.6 Å². The van der Waals surface area contributed by atoms with Crippen LogP contribution < -0.4 is 5.32 Å². The first-order chi connectivity index (χ1) is 9.51. The lowest BCUT2D eigenvalue weighted by molar-refractivity contribution is 0.102. The lowest BCUT2D eigenvalue weighted by Gasteiger charge is -2.03. The van der Waals surface area contributed by atoms with Crippen molar-refractivity contribution in [3.05, 3.63) is 46.5 Å². The molecule has 0 aliphatic rings. The molecule has 20 heavy (non-hydrogen) atoms. The van der Waals surface area contributed by atoms with Gasteiger partial charge in [-0.15, -0.1) is 11.3 Å². The molecule has 5 nitrogen and oxygen atoms in total. The number of nitrogens with one attached hydrogen (secondary N) is 1. The van der Waals surface area contributed by atoms with Crippen LogP contribution in [-0.2, 0) is 0 Å². The number of rotatable bonds is 3. The summed E-state index contributed by atoms with van der Waals surface area (Å²) in [6, 6.07) is 2.67. The molecule has 104 valence electrons. The van der Waals surface area contributed by atoms with Gasteiger partial charge in [0, 0.05) is 11.4 Å². The number of hydrogen-bond donors (Lipinski definition) is 2. The van der Waals surface area contributed by atoms with E-state index in [1.165, 1.54) is 0 Å². The highest BCUT2D eigenvalue weighted by molar-refractivity contribution is 7.14. The Balaban J connectivity index is 2.17. The number of halogens is 2. The third-order valence-corrected chi connectivity index (χ3v) is 3.18. The van der Waals surface area contributed by atoms with Crippen LogP contribution in [0.1, 0.15) is 23.0 Å². The van der Waals surface area contributed by atoms with E-state index in [1.54, 1.807) is 12.3 Å². The zero-order valence-electron chi connectivity index (χ0n) is 10.2. The van der Waals surface area contributed by atoms with Crippen LogP contribution >= 0.6 is 11.3 Å². The van der Waals surface area contributed by atoms with Crippen LogP contribution in [0.2, 0.25) is 0 Å². The van der Waals surface area contributed by atoms with Crippen molar-refractivity contribution in [3.63, 3.8) is 0 Å². The Labute approximate surface area is 116 Å². The summed E-state index contributed by atoms with van der Waals surface area (Å²) in [5.74, 6) is -2.44. The molecule has 0 aliphatic heterocycles. The van der Waals surface area contributed by atoms with Crippen LogP contribution in [0.3, 0.4) is 0 Å². The normalized spacial score (nSPS) is 11.4. The summed E-state index contributed by atoms with van der Waals surface area (Å²) in [5, 5.41) is 15.8. The van der Waals surface area contributed by atoms with Gasteiger partial charge in [-0.1, -0.05) is 5.16 Å². The summed E-state index contributed by atoms with van der Waals surface area (Å²) >= 11 is 1.09. The average Bonchev–Trinajstić information content (AvgIpc) is 2.86. The van der Waals surface area contributed by atoms with Gasteiger partial charge in [0.15, 0.2) is 5.13 Å². The molecule has 0 saturated heterocycles. The van der Waals surface area contributed by atoms with Crippen molar-refractivity contribution >= 4 is 28.1 Å². The smallest absolute Gasteiger partial charge is 0.260 e. The van der Waals surface area contributed by atoms with Gasteiger partial charge in [-0.3, -0.25) is 10.1 Å². The monoisotopic (exact) mass is 297 g/mol. The molecule has 0 unspecified atom stereocenters. The van der Waals surface area contributed by atoms with Gasteiger partial charge in [0.25, 0.3) is 5.91 Å². The van der Waals surface area contributed by atoms with Gasteiger partial charge < -0.3 is 5.21 Å². The maximum absolute atomic E-state index is 13.4. The summed E-state index contributed by atoms with van der Waals surface area (Å²) in [6.45, 7) is 1.54. The summed E-state index contributed by atoms with van der Waals surface area (Å²) in [5.41, 5.74) is 0.401. The second-order valence-electron chi connectivity index (χ2n) is 3.80. The molecule has 1 aromatic heterocycles. The minimum Gasteiger partial charge on any atom is -0.411 e. The van der Waals surface area contributed by atoms with Gasteiger partial charge in [-0.05, 0) is 19.1 Å². The molecular weight excluding hydrogens is 288 g/mol. The Kier molecular flexibility index (Phi) is 4.04. The van der Waals surface area contributed by atoms with E-state index >= 15 is 0 Å². The summed E-state index contributed by atoms with van der Waals surface area (Å²) in [4.78, 5) is 15.8. The Bertz CT molecular complexity index is 685. The molecule has 0 aliphatic carbocycles. The first-order valence-corrected chi connectivity index (χ1v) is 6.30. The molecule has 1 heterocycles. The van der Waals surface area contributed by atoms with Crippen molar-refractivity contribution in [1.29, 1.82) is 0 Å². The third-order valence-electron chi connectivity index (χ3n) is 2.42. The predicted octanol–water partition coefficient (Wildman–Crippen LogP) is 2.87. The van der Waals surface area contributed by atoms with Gasteiger partial charge in [0.05, 0.1) is 5.56 Å². The number of carbonyl (C=O) groups is 1. The molecule has 1 aromatic carbocycles. The number of thiazole rings is 1. The lowest BCUT2D eigenvalue weighted by Crippen LogP contribution is -2.14. The van der Waals surface area contributed by atoms with Gasteiger partial charge in [-0.25, -0.2) is 13.8 Å². The first kappa shape index (κ1) is 14.1. The van der Waals surface area contributed by atoms with Crippen molar-refractivity contribution < 1.29 is 18.8 Å². The van der Waals surface area contributed by atoms with Gasteiger partial charge in [0.2, 0.25) is 0 Å². The molecule has 0 spiro atoms. The quantitative estimate of drug-likeness (QED) is 0.519. The number of oxime groups is 1. The van der Waals surface area contributed by atoms with Crippen molar-refractivity contribution in [3.8, 4) is 0 Å². The van der Waals surface area contributed by atoms with Crippen molar-refractivity contribution in [2.45, 2.75) is 6.92 Å². The minimum absolute atomic E-state index is 0.219. The fourth-order valence-electron chi connectivity index (χ4n) is 1.39. The highest BCUT2D eigenvalue weighted by atomic mass is 32.1. The molecule has 8 heteroatoms. The SMILES string of the molecule is CC(=NO)c1csc(NC(=O)c2ccc(F)cc2F)n1. The van der Waals surface area contributed by atoms with Crippen LogP contribution in [0.4, 0.5) is 13.9 Å². The fraction of sp³-hybridized carbons (Fsp3) is 0.0833. The molecule has 0 atom stereocenters. The molecule has 1 amide bonds. The average molecular weight is 297 g/mol. The maximum Gasteiger partial charge on any atom is 0.260 e.